The molecule has 6 nitrogen and oxygen atoms in total. The van der Waals surface area contributed by atoms with E-state index < -0.39 is 11.7 Å². The maximum absolute atomic E-state index is 14.5. The predicted octanol–water partition coefficient (Wildman–Crippen LogP) is 7.85. The molecule has 7 heteroatoms. The number of benzene rings is 2. The normalized spacial score (nSPS) is 24.7. The summed E-state index contributed by atoms with van der Waals surface area (Å²) in [5.41, 5.74) is 1.14. The molecule has 1 saturated heterocycles. The van der Waals surface area contributed by atoms with E-state index in [0.29, 0.717) is 24.2 Å². The van der Waals surface area contributed by atoms with Crippen LogP contribution >= 0.6 is 0 Å². The maximum Gasteiger partial charge on any atom is 0.417 e. The summed E-state index contributed by atoms with van der Waals surface area (Å²) >= 11 is 0. The van der Waals surface area contributed by atoms with Gasteiger partial charge in [0.05, 0.1) is 19.8 Å². The van der Waals surface area contributed by atoms with Crippen LogP contribution in [0.5, 0.6) is 11.5 Å². The number of cyclic esters (lactones) is 1. The van der Waals surface area contributed by atoms with Gasteiger partial charge in [-0.05, 0) is 123 Å². The topological polar surface area (TPSA) is 65.1 Å². The Morgan fingerprint density at radius 2 is 1.78 bits per heavy atom. The van der Waals surface area contributed by atoms with Gasteiger partial charge < -0.3 is 14.2 Å². The minimum absolute atomic E-state index is 0.0450. The molecule has 0 aromatic heterocycles. The molecule has 1 heterocycles. The van der Waals surface area contributed by atoms with Gasteiger partial charge in [0, 0.05) is 6.42 Å². The molecule has 0 spiro atoms. The van der Waals surface area contributed by atoms with Crippen molar-refractivity contribution in [3.8, 4) is 11.5 Å². The van der Waals surface area contributed by atoms with Gasteiger partial charge in [0.15, 0.2) is 0 Å². The molecule has 0 radical (unpaired) electrons. The molecule has 2 amide bonds. The summed E-state index contributed by atoms with van der Waals surface area (Å²) in [5, 5.41) is 0. The molecule has 0 unspecified atom stereocenters. The van der Waals surface area contributed by atoms with E-state index in [-0.39, 0.29) is 41.9 Å². The second-order valence-corrected chi connectivity index (χ2v) is 13.1. The Hall–Kier alpha value is -3.09. The van der Waals surface area contributed by atoms with Crippen molar-refractivity contribution in [2.75, 3.05) is 13.7 Å². The van der Waals surface area contributed by atoms with Crippen LogP contribution in [0.25, 0.3) is 0 Å². The van der Waals surface area contributed by atoms with Gasteiger partial charge in [-0.1, -0.05) is 26.0 Å². The Morgan fingerprint density at radius 3 is 2.44 bits per heavy atom. The summed E-state index contributed by atoms with van der Waals surface area (Å²) in [6.07, 6.45) is 5.75. The number of methoxy groups -OCH3 is 1. The van der Waals surface area contributed by atoms with Crippen LogP contribution in [0.1, 0.15) is 95.6 Å². The van der Waals surface area contributed by atoms with Crippen LogP contribution in [0.3, 0.4) is 0 Å². The Balaban J connectivity index is 1.19. The molecule has 2 aliphatic carbocycles. The first kappa shape index (κ1) is 29.4. The monoisotopic (exact) mass is 565 g/mol. The van der Waals surface area contributed by atoms with E-state index in [1.807, 2.05) is 45.9 Å². The number of carbonyl (C=O) groups is 2. The van der Waals surface area contributed by atoms with Crippen LogP contribution in [0.2, 0.25) is 0 Å². The number of ether oxygens (including phenoxy) is 3. The summed E-state index contributed by atoms with van der Waals surface area (Å²) in [4.78, 5) is 27.6. The molecule has 2 atom stereocenters. The van der Waals surface area contributed by atoms with E-state index in [2.05, 4.69) is 12.1 Å². The zero-order valence-corrected chi connectivity index (χ0v) is 25.0. The third-order valence-corrected chi connectivity index (χ3v) is 9.28. The van der Waals surface area contributed by atoms with Crippen molar-refractivity contribution in [3.63, 3.8) is 0 Å². The van der Waals surface area contributed by atoms with E-state index in [0.717, 1.165) is 55.4 Å². The van der Waals surface area contributed by atoms with Crippen molar-refractivity contribution >= 4 is 12.0 Å². The van der Waals surface area contributed by atoms with Gasteiger partial charge in [-0.25, -0.2) is 14.1 Å². The Labute approximate surface area is 243 Å². The molecular weight excluding hydrogens is 521 g/mol. The molecule has 41 heavy (non-hydrogen) atoms. The second kappa shape index (κ2) is 12.0. The smallest absolute Gasteiger partial charge is 0.417 e. The number of hydrogen-bond donors (Lipinski definition) is 0. The third-order valence-electron chi connectivity index (χ3n) is 9.28. The number of rotatable bonds is 10. The Kier molecular flexibility index (Phi) is 8.62. The summed E-state index contributed by atoms with van der Waals surface area (Å²) in [6, 6.07) is 12.8. The quantitative estimate of drug-likeness (QED) is 0.293. The van der Waals surface area contributed by atoms with Crippen molar-refractivity contribution < 1.29 is 28.2 Å². The first-order chi connectivity index (χ1) is 19.6. The highest BCUT2D eigenvalue weighted by Gasteiger charge is 2.52. The summed E-state index contributed by atoms with van der Waals surface area (Å²) in [7, 11) is 1.61. The van der Waals surface area contributed by atoms with Crippen molar-refractivity contribution in [2.45, 2.75) is 96.1 Å². The van der Waals surface area contributed by atoms with Crippen LogP contribution in [0.15, 0.2) is 42.5 Å². The Morgan fingerprint density at radius 1 is 1.05 bits per heavy atom. The first-order valence-electron chi connectivity index (χ1n) is 15.2. The fourth-order valence-corrected chi connectivity index (χ4v) is 7.11. The molecule has 1 aliphatic heterocycles. The SMILES string of the molecule is COc1ccc(F)c(C2CCC(COc3cccc([C@@H](CC(=O)N4C(=O)OC(C)(C)[C@@H]4C(C)C)C4CC4)c3)CC2)c1. The van der Waals surface area contributed by atoms with Crippen LogP contribution < -0.4 is 9.47 Å². The molecule has 2 aromatic carbocycles. The van der Waals surface area contributed by atoms with Gasteiger partial charge in [-0.3, -0.25) is 4.79 Å². The molecule has 0 bridgehead atoms. The summed E-state index contributed by atoms with van der Waals surface area (Å²) < 4.78 is 31.6. The lowest BCUT2D eigenvalue weighted by Gasteiger charge is -2.31. The molecular formula is C34H44FNO5. The number of hydrogen-bond acceptors (Lipinski definition) is 5. The van der Waals surface area contributed by atoms with E-state index >= 15 is 0 Å². The minimum Gasteiger partial charge on any atom is -0.497 e. The van der Waals surface area contributed by atoms with E-state index in [4.69, 9.17) is 14.2 Å². The molecule has 0 N–H and O–H groups in total. The number of carbonyl (C=O) groups excluding carboxylic acids is 2. The van der Waals surface area contributed by atoms with Gasteiger partial charge in [0.25, 0.3) is 0 Å². The fourth-order valence-electron chi connectivity index (χ4n) is 7.11. The number of amides is 2. The average Bonchev–Trinajstić information content (AvgIpc) is 3.75. The van der Waals surface area contributed by atoms with Gasteiger partial charge >= 0.3 is 6.09 Å². The van der Waals surface area contributed by atoms with Crippen molar-refractivity contribution in [1.82, 2.24) is 4.90 Å². The lowest BCUT2D eigenvalue weighted by molar-refractivity contribution is -0.131. The summed E-state index contributed by atoms with van der Waals surface area (Å²) in [6.45, 7) is 8.43. The fraction of sp³-hybridized carbons (Fsp3) is 0.588. The zero-order valence-electron chi connectivity index (χ0n) is 25.0. The van der Waals surface area contributed by atoms with Gasteiger partial charge in [0.2, 0.25) is 5.91 Å². The van der Waals surface area contributed by atoms with Crippen LogP contribution in [0.4, 0.5) is 9.18 Å². The number of nitrogens with zero attached hydrogens (tertiary/aromatic N) is 1. The first-order valence-corrected chi connectivity index (χ1v) is 15.2. The third kappa shape index (κ3) is 6.54. The Bertz CT molecular complexity index is 1250. The minimum atomic E-state index is -0.703. The molecule has 222 valence electrons. The zero-order chi connectivity index (χ0) is 29.3. The molecule has 2 saturated carbocycles. The standard InChI is InChI=1S/C34H44FNO5/c1-21(2)32-34(3,4)41-33(38)36(32)31(37)19-28(23-13-14-23)25-7-6-8-27(17-25)40-20-22-9-11-24(12-10-22)29-18-26(39-5)15-16-30(29)35/h6-8,15-18,21-24,28,32H,9-14,19-20H2,1-5H3/t22?,24?,28-,32-/m0/s1. The molecule has 2 aromatic rings. The van der Waals surface area contributed by atoms with Crippen LogP contribution in [-0.4, -0.2) is 42.3 Å². The van der Waals surface area contributed by atoms with E-state index in [1.54, 1.807) is 13.2 Å². The lowest BCUT2D eigenvalue weighted by atomic mass is 9.79. The van der Waals surface area contributed by atoms with Gasteiger partial charge in [-0.15, -0.1) is 0 Å². The number of imide groups is 1. The molecule has 3 aliphatic rings. The maximum atomic E-state index is 14.5. The highest BCUT2D eigenvalue weighted by Crippen LogP contribution is 2.46. The highest BCUT2D eigenvalue weighted by atomic mass is 19.1. The predicted molar refractivity (Wildman–Crippen MR) is 156 cm³/mol. The van der Waals surface area contributed by atoms with Crippen molar-refractivity contribution in [3.05, 3.63) is 59.4 Å². The molecule has 5 rings (SSSR count). The second-order valence-electron chi connectivity index (χ2n) is 13.1. The van der Waals surface area contributed by atoms with Gasteiger partial charge in [0.1, 0.15) is 22.9 Å². The largest absolute Gasteiger partial charge is 0.497 e. The average molecular weight is 566 g/mol. The van der Waals surface area contributed by atoms with Crippen molar-refractivity contribution in [2.24, 2.45) is 17.8 Å². The van der Waals surface area contributed by atoms with Gasteiger partial charge in [-0.2, -0.15) is 0 Å². The highest BCUT2D eigenvalue weighted by molar-refractivity contribution is 5.94. The van der Waals surface area contributed by atoms with E-state index in [9.17, 15) is 14.0 Å². The summed E-state index contributed by atoms with van der Waals surface area (Å²) in [5.74, 6) is 2.39. The lowest BCUT2D eigenvalue weighted by Crippen LogP contribution is -2.48. The number of halogens is 1. The molecule has 3 fully saturated rings. The van der Waals surface area contributed by atoms with Crippen LogP contribution in [-0.2, 0) is 9.53 Å². The van der Waals surface area contributed by atoms with Crippen LogP contribution in [0, 0.1) is 23.6 Å². The van der Waals surface area contributed by atoms with E-state index in [1.165, 1.54) is 11.0 Å². The van der Waals surface area contributed by atoms with Crippen molar-refractivity contribution in [1.29, 1.82) is 0 Å².